The van der Waals surface area contributed by atoms with Crippen molar-refractivity contribution in [1.29, 1.82) is 0 Å². The molecule has 1 saturated heterocycles. The highest BCUT2D eigenvalue weighted by atomic mass is 16.5. The van der Waals surface area contributed by atoms with Crippen LogP contribution in [-0.4, -0.2) is 38.0 Å². The lowest BCUT2D eigenvalue weighted by Crippen LogP contribution is -2.24. The Morgan fingerprint density at radius 2 is 2.45 bits per heavy atom. The zero-order chi connectivity index (χ0) is 8.10. The van der Waals surface area contributed by atoms with Crippen molar-refractivity contribution in [2.45, 2.75) is 18.9 Å². The monoisotopic (exact) mass is 159 g/mol. The van der Waals surface area contributed by atoms with Crippen molar-refractivity contribution < 1.29 is 9.84 Å². The van der Waals surface area contributed by atoms with Gasteiger partial charge in [-0.15, -0.1) is 0 Å². The van der Waals surface area contributed by atoms with Crippen LogP contribution in [0.2, 0.25) is 0 Å². The average molecular weight is 159 g/mol. The predicted octanol–water partition coefficient (Wildman–Crippen LogP) is -0.00670. The van der Waals surface area contributed by atoms with Gasteiger partial charge in [0.1, 0.15) is 0 Å². The molecular formula is C8H17NO2. The van der Waals surface area contributed by atoms with Crippen molar-refractivity contribution in [2.24, 2.45) is 5.92 Å². The molecule has 0 aliphatic carbocycles. The second-order valence-corrected chi connectivity index (χ2v) is 3.17. The number of aliphatic hydroxyl groups is 1. The molecule has 3 nitrogen and oxygen atoms in total. The summed E-state index contributed by atoms with van der Waals surface area (Å²) < 4.78 is 4.98. The molecule has 2 unspecified atom stereocenters. The summed E-state index contributed by atoms with van der Waals surface area (Å²) in [5.74, 6) is 0.701. The molecule has 11 heavy (non-hydrogen) atoms. The van der Waals surface area contributed by atoms with Gasteiger partial charge in [-0.25, -0.2) is 0 Å². The van der Waals surface area contributed by atoms with E-state index in [0.717, 1.165) is 26.0 Å². The van der Waals surface area contributed by atoms with E-state index >= 15 is 0 Å². The number of rotatable bonds is 4. The van der Waals surface area contributed by atoms with E-state index in [1.807, 2.05) is 0 Å². The average Bonchev–Trinajstić information content (AvgIpc) is 2.48. The molecule has 1 aliphatic heterocycles. The van der Waals surface area contributed by atoms with E-state index in [1.165, 1.54) is 0 Å². The molecule has 0 aromatic heterocycles. The molecule has 1 aliphatic rings. The Morgan fingerprint density at radius 3 is 3.00 bits per heavy atom. The van der Waals surface area contributed by atoms with Gasteiger partial charge in [-0.1, -0.05) is 0 Å². The summed E-state index contributed by atoms with van der Waals surface area (Å²) in [6.07, 6.45) is 2.21. The Bertz CT molecular complexity index is 108. The number of ether oxygens (including phenoxy) is 1. The lowest BCUT2D eigenvalue weighted by molar-refractivity contribution is 0.178. The van der Waals surface area contributed by atoms with E-state index in [0.29, 0.717) is 12.0 Å². The van der Waals surface area contributed by atoms with E-state index in [2.05, 4.69) is 5.32 Å². The van der Waals surface area contributed by atoms with Gasteiger partial charge in [0.05, 0.1) is 6.61 Å². The molecule has 0 saturated carbocycles. The van der Waals surface area contributed by atoms with Crippen LogP contribution >= 0.6 is 0 Å². The van der Waals surface area contributed by atoms with Crippen LogP contribution < -0.4 is 5.32 Å². The van der Waals surface area contributed by atoms with E-state index in [9.17, 15) is 0 Å². The normalized spacial score (nSPS) is 31.1. The third kappa shape index (κ3) is 2.77. The fourth-order valence-electron chi connectivity index (χ4n) is 1.55. The van der Waals surface area contributed by atoms with E-state index in [1.54, 1.807) is 7.11 Å². The number of hydrogen-bond donors (Lipinski definition) is 2. The quantitative estimate of drug-likeness (QED) is 0.606. The topological polar surface area (TPSA) is 41.5 Å². The van der Waals surface area contributed by atoms with Crippen LogP contribution in [0.1, 0.15) is 12.8 Å². The van der Waals surface area contributed by atoms with Gasteiger partial charge in [-0.3, -0.25) is 0 Å². The fraction of sp³-hybridized carbons (Fsp3) is 1.00. The molecular weight excluding hydrogens is 142 g/mol. The number of methoxy groups -OCH3 is 1. The zero-order valence-corrected chi connectivity index (χ0v) is 7.05. The van der Waals surface area contributed by atoms with Crippen molar-refractivity contribution in [3.05, 3.63) is 0 Å². The molecule has 1 fully saturated rings. The molecule has 0 amide bonds. The van der Waals surface area contributed by atoms with E-state index in [-0.39, 0.29) is 6.61 Å². The Morgan fingerprint density at radius 1 is 1.64 bits per heavy atom. The molecule has 0 aromatic carbocycles. The second-order valence-electron chi connectivity index (χ2n) is 3.17. The van der Waals surface area contributed by atoms with E-state index < -0.39 is 0 Å². The van der Waals surface area contributed by atoms with Gasteiger partial charge >= 0.3 is 0 Å². The lowest BCUT2D eigenvalue weighted by atomic mass is 10.0. The van der Waals surface area contributed by atoms with Gasteiger partial charge in [-0.05, 0) is 25.3 Å². The van der Waals surface area contributed by atoms with Crippen LogP contribution in [0.5, 0.6) is 0 Å². The minimum Gasteiger partial charge on any atom is -0.395 e. The van der Waals surface area contributed by atoms with Gasteiger partial charge in [0.25, 0.3) is 0 Å². The summed E-state index contributed by atoms with van der Waals surface area (Å²) in [4.78, 5) is 0. The van der Waals surface area contributed by atoms with Crippen molar-refractivity contribution in [2.75, 3.05) is 26.9 Å². The van der Waals surface area contributed by atoms with Crippen LogP contribution in [0.15, 0.2) is 0 Å². The standard InChI is InChI=1S/C8H17NO2/c1-11-3-2-7-4-8(6-10)9-5-7/h7-10H,2-6H2,1H3. The van der Waals surface area contributed by atoms with Crippen LogP contribution in [-0.2, 0) is 4.74 Å². The maximum atomic E-state index is 8.82. The number of hydrogen-bond acceptors (Lipinski definition) is 3. The molecule has 1 heterocycles. The lowest BCUT2D eigenvalue weighted by Gasteiger charge is -2.06. The summed E-state index contributed by atoms with van der Waals surface area (Å²) in [6.45, 7) is 2.14. The highest BCUT2D eigenvalue weighted by Crippen LogP contribution is 2.16. The van der Waals surface area contributed by atoms with Crippen LogP contribution in [0.25, 0.3) is 0 Å². The molecule has 3 heteroatoms. The largest absolute Gasteiger partial charge is 0.395 e. The first-order valence-corrected chi connectivity index (χ1v) is 4.20. The molecule has 0 bridgehead atoms. The second kappa shape index (κ2) is 4.70. The Labute approximate surface area is 67.7 Å². The molecule has 1 rings (SSSR count). The number of aliphatic hydroxyl groups excluding tert-OH is 1. The third-order valence-electron chi connectivity index (χ3n) is 2.26. The fourth-order valence-corrected chi connectivity index (χ4v) is 1.55. The molecule has 2 N–H and O–H groups in total. The summed E-state index contributed by atoms with van der Waals surface area (Å²) in [5, 5.41) is 12.1. The Balaban J connectivity index is 2.09. The first kappa shape index (κ1) is 8.97. The molecule has 0 radical (unpaired) electrons. The summed E-state index contributed by atoms with van der Waals surface area (Å²) in [5.41, 5.74) is 0. The summed E-state index contributed by atoms with van der Waals surface area (Å²) in [6, 6.07) is 0.330. The van der Waals surface area contributed by atoms with Gasteiger partial charge < -0.3 is 15.2 Å². The maximum absolute atomic E-state index is 8.82. The van der Waals surface area contributed by atoms with Gasteiger partial charge in [0, 0.05) is 19.8 Å². The molecule has 0 aromatic rings. The molecule has 0 spiro atoms. The molecule has 2 atom stereocenters. The highest BCUT2D eigenvalue weighted by Gasteiger charge is 2.22. The summed E-state index contributed by atoms with van der Waals surface area (Å²) >= 11 is 0. The maximum Gasteiger partial charge on any atom is 0.0584 e. The minimum absolute atomic E-state index is 0.267. The van der Waals surface area contributed by atoms with Gasteiger partial charge in [0.2, 0.25) is 0 Å². The SMILES string of the molecule is COCCC1CNC(CO)C1. The van der Waals surface area contributed by atoms with Gasteiger partial charge in [0.15, 0.2) is 0 Å². The highest BCUT2D eigenvalue weighted by molar-refractivity contribution is 4.80. The van der Waals surface area contributed by atoms with Crippen molar-refractivity contribution in [1.82, 2.24) is 5.32 Å². The third-order valence-corrected chi connectivity index (χ3v) is 2.26. The Kier molecular flexibility index (Phi) is 3.83. The first-order valence-electron chi connectivity index (χ1n) is 4.20. The zero-order valence-electron chi connectivity index (χ0n) is 7.05. The Hall–Kier alpha value is -0.120. The van der Waals surface area contributed by atoms with Crippen LogP contribution in [0.4, 0.5) is 0 Å². The van der Waals surface area contributed by atoms with Crippen LogP contribution in [0.3, 0.4) is 0 Å². The smallest absolute Gasteiger partial charge is 0.0584 e. The van der Waals surface area contributed by atoms with Crippen molar-refractivity contribution >= 4 is 0 Å². The van der Waals surface area contributed by atoms with Gasteiger partial charge in [-0.2, -0.15) is 0 Å². The van der Waals surface area contributed by atoms with E-state index in [4.69, 9.17) is 9.84 Å². The number of nitrogens with one attached hydrogen (secondary N) is 1. The first-order chi connectivity index (χ1) is 5.36. The van der Waals surface area contributed by atoms with Crippen LogP contribution in [0, 0.1) is 5.92 Å². The predicted molar refractivity (Wildman–Crippen MR) is 43.5 cm³/mol. The van der Waals surface area contributed by atoms with Crippen molar-refractivity contribution in [3.63, 3.8) is 0 Å². The molecule has 66 valence electrons. The minimum atomic E-state index is 0.267. The van der Waals surface area contributed by atoms with Crippen molar-refractivity contribution in [3.8, 4) is 0 Å². The summed E-state index contributed by atoms with van der Waals surface area (Å²) in [7, 11) is 1.73.